The molecule has 4 nitrogen and oxygen atoms in total. The standard InChI is InChI=1S/C15H21Cl2NO3/c1-2-3-8-20-9-4-7-18-15(19)11-21-14-10-12(16)5-6-13(14)17/h5-6,10H,2-4,7-9,11H2,1H3,(H,18,19). The lowest BCUT2D eigenvalue weighted by atomic mass is 10.3. The normalized spacial score (nSPS) is 10.4. The van der Waals surface area contributed by atoms with E-state index in [1.807, 2.05) is 0 Å². The predicted molar refractivity (Wildman–Crippen MR) is 85.3 cm³/mol. The van der Waals surface area contributed by atoms with E-state index in [2.05, 4.69) is 12.2 Å². The number of rotatable bonds is 10. The van der Waals surface area contributed by atoms with Crippen molar-refractivity contribution in [3.05, 3.63) is 28.2 Å². The second-order valence-electron chi connectivity index (χ2n) is 4.53. The Morgan fingerprint density at radius 1 is 1.24 bits per heavy atom. The predicted octanol–water partition coefficient (Wildman–Crippen LogP) is 3.70. The Hall–Kier alpha value is -0.970. The number of carbonyl (C=O) groups is 1. The summed E-state index contributed by atoms with van der Waals surface area (Å²) in [5.74, 6) is 0.210. The molecule has 0 saturated carbocycles. The van der Waals surface area contributed by atoms with Gasteiger partial charge in [0.25, 0.3) is 5.91 Å². The van der Waals surface area contributed by atoms with Crippen LogP contribution in [0.1, 0.15) is 26.2 Å². The van der Waals surface area contributed by atoms with Crippen molar-refractivity contribution in [1.82, 2.24) is 5.32 Å². The third-order valence-electron chi connectivity index (χ3n) is 2.68. The van der Waals surface area contributed by atoms with Crippen LogP contribution in [0.3, 0.4) is 0 Å². The van der Waals surface area contributed by atoms with Gasteiger partial charge in [-0.2, -0.15) is 0 Å². The maximum Gasteiger partial charge on any atom is 0.257 e. The number of halogens is 2. The fourth-order valence-electron chi connectivity index (χ4n) is 1.53. The van der Waals surface area contributed by atoms with E-state index >= 15 is 0 Å². The zero-order valence-electron chi connectivity index (χ0n) is 12.2. The van der Waals surface area contributed by atoms with Gasteiger partial charge in [-0.1, -0.05) is 36.5 Å². The van der Waals surface area contributed by atoms with Gasteiger partial charge < -0.3 is 14.8 Å². The average molecular weight is 334 g/mol. The molecule has 21 heavy (non-hydrogen) atoms. The molecular formula is C15H21Cl2NO3. The Bertz CT molecular complexity index is 441. The number of hydrogen-bond donors (Lipinski definition) is 1. The molecule has 1 amide bonds. The van der Waals surface area contributed by atoms with E-state index in [-0.39, 0.29) is 12.5 Å². The second kappa shape index (κ2) is 10.7. The van der Waals surface area contributed by atoms with E-state index < -0.39 is 0 Å². The summed E-state index contributed by atoms with van der Waals surface area (Å²) in [7, 11) is 0. The van der Waals surface area contributed by atoms with E-state index in [9.17, 15) is 4.79 Å². The summed E-state index contributed by atoms with van der Waals surface area (Å²) in [6.07, 6.45) is 2.98. The number of carbonyl (C=O) groups excluding carboxylic acids is 1. The summed E-state index contributed by atoms with van der Waals surface area (Å²) in [4.78, 5) is 11.6. The van der Waals surface area contributed by atoms with E-state index in [1.165, 1.54) is 0 Å². The lowest BCUT2D eigenvalue weighted by molar-refractivity contribution is -0.123. The first-order chi connectivity index (χ1) is 10.1. The molecule has 0 aliphatic rings. The van der Waals surface area contributed by atoms with Crippen molar-refractivity contribution in [2.45, 2.75) is 26.2 Å². The third kappa shape index (κ3) is 8.15. The van der Waals surface area contributed by atoms with Crippen molar-refractivity contribution >= 4 is 29.1 Å². The zero-order valence-corrected chi connectivity index (χ0v) is 13.7. The molecule has 118 valence electrons. The Kier molecular flexibility index (Phi) is 9.22. The highest BCUT2D eigenvalue weighted by Crippen LogP contribution is 2.27. The summed E-state index contributed by atoms with van der Waals surface area (Å²) in [6, 6.07) is 4.87. The first kappa shape index (κ1) is 18.1. The molecule has 1 aromatic carbocycles. The van der Waals surface area contributed by atoms with Crippen LogP contribution in [0.5, 0.6) is 5.75 Å². The Morgan fingerprint density at radius 2 is 2.00 bits per heavy atom. The minimum absolute atomic E-state index is 0.0866. The second-order valence-corrected chi connectivity index (χ2v) is 5.38. The molecule has 0 saturated heterocycles. The number of ether oxygens (including phenoxy) is 2. The van der Waals surface area contributed by atoms with Crippen molar-refractivity contribution in [2.24, 2.45) is 0 Å². The highest BCUT2D eigenvalue weighted by Gasteiger charge is 2.06. The molecule has 0 spiro atoms. The quantitative estimate of drug-likeness (QED) is 0.664. The summed E-state index contributed by atoms with van der Waals surface area (Å²) in [6.45, 7) is 4.03. The first-order valence-electron chi connectivity index (χ1n) is 7.05. The summed E-state index contributed by atoms with van der Waals surface area (Å²) >= 11 is 11.8. The van der Waals surface area contributed by atoms with Crippen molar-refractivity contribution < 1.29 is 14.3 Å². The highest BCUT2D eigenvalue weighted by atomic mass is 35.5. The average Bonchev–Trinajstić information content (AvgIpc) is 2.47. The van der Waals surface area contributed by atoms with E-state index in [0.717, 1.165) is 25.9 Å². The van der Waals surface area contributed by atoms with Gasteiger partial charge >= 0.3 is 0 Å². The van der Waals surface area contributed by atoms with Gasteiger partial charge in [0.1, 0.15) is 5.75 Å². The maximum absolute atomic E-state index is 11.6. The van der Waals surface area contributed by atoms with E-state index in [4.69, 9.17) is 32.7 Å². The minimum Gasteiger partial charge on any atom is -0.482 e. The number of benzene rings is 1. The number of hydrogen-bond acceptors (Lipinski definition) is 3. The number of unbranched alkanes of at least 4 members (excludes halogenated alkanes) is 1. The van der Waals surface area contributed by atoms with Crippen LogP contribution in [-0.2, 0) is 9.53 Å². The Balaban J connectivity index is 2.12. The van der Waals surface area contributed by atoms with Gasteiger partial charge in [-0.05, 0) is 25.0 Å². The molecule has 0 aliphatic heterocycles. The molecule has 1 rings (SSSR count). The van der Waals surface area contributed by atoms with Crippen molar-refractivity contribution in [3.63, 3.8) is 0 Å². The van der Waals surface area contributed by atoms with Crippen LogP contribution < -0.4 is 10.1 Å². The van der Waals surface area contributed by atoms with Gasteiger partial charge in [-0.25, -0.2) is 0 Å². The molecule has 0 unspecified atom stereocenters. The minimum atomic E-state index is -0.195. The lowest BCUT2D eigenvalue weighted by Crippen LogP contribution is -2.30. The SMILES string of the molecule is CCCCOCCCNC(=O)COc1cc(Cl)ccc1Cl. The summed E-state index contributed by atoms with van der Waals surface area (Å²) in [5, 5.41) is 3.70. The van der Waals surface area contributed by atoms with Gasteiger partial charge in [0.05, 0.1) is 5.02 Å². The Morgan fingerprint density at radius 3 is 2.76 bits per heavy atom. The molecule has 0 atom stereocenters. The summed E-state index contributed by atoms with van der Waals surface area (Å²) < 4.78 is 10.7. The molecule has 0 aromatic heterocycles. The largest absolute Gasteiger partial charge is 0.482 e. The van der Waals surface area contributed by atoms with Crippen molar-refractivity contribution in [3.8, 4) is 5.75 Å². The fraction of sp³-hybridized carbons (Fsp3) is 0.533. The monoisotopic (exact) mass is 333 g/mol. The van der Waals surface area contributed by atoms with Gasteiger partial charge in [0.15, 0.2) is 6.61 Å². The molecule has 0 radical (unpaired) electrons. The molecule has 6 heteroatoms. The van der Waals surface area contributed by atoms with Gasteiger partial charge in [0, 0.05) is 30.8 Å². The lowest BCUT2D eigenvalue weighted by Gasteiger charge is -2.09. The van der Waals surface area contributed by atoms with Crippen LogP contribution >= 0.6 is 23.2 Å². The van der Waals surface area contributed by atoms with Crippen LogP contribution in [0.15, 0.2) is 18.2 Å². The Labute approximate surface area is 135 Å². The number of amides is 1. The molecular weight excluding hydrogens is 313 g/mol. The molecule has 0 bridgehead atoms. The third-order valence-corrected chi connectivity index (χ3v) is 3.23. The van der Waals surface area contributed by atoms with E-state index in [0.29, 0.717) is 28.9 Å². The summed E-state index contributed by atoms with van der Waals surface area (Å²) in [5.41, 5.74) is 0. The maximum atomic E-state index is 11.6. The van der Waals surface area contributed by atoms with Crippen LogP contribution in [0, 0.1) is 0 Å². The van der Waals surface area contributed by atoms with Crippen LogP contribution in [0.2, 0.25) is 10.0 Å². The number of nitrogens with one attached hydrogen (secondary N) is 1. The van der Waals surface area contributed by atoms with E-state index in [1.54, 1.807) is 18.2 Å². The smallest absolute Gasteiger partial charge is 0.257 e. The van der Waals surface area contributed by atoms with Gasteiger partial charge in [-0.3, -0.25) is 4.79 Å². The molecule has 1 N–H and O–H groups in total. The molecule has 0 aliphatic carbocycles. The van der Waals surface area contributed by atoms with Gasteiger partial charge in [0.2, 0.25) is 0 Å². The van der Waals surface area contributed by atoms with Crippen LogP contribution in [0.25, 0.3) is 0 Å². The topological polar surface area (TPSA) is 47.6 Å². The molecule has 0 fully saturated rings. The molecule has 1 aromatic rings. The highest BCUT2D eigenvalue weighted by molar-refractivity contribution is 6.34. The van der Waals surface area contributed by atoms with Crippen molar-refractivity contribution in [1.29, 1.82) is 0 Å². The van der Waals surface area contributed by atoms with Crippen molar-refractivity contribution in [2.75, 3.05) is 26.4 Å². The van der Waals surface area contributed by atoms with Gasteiger partial charge in [-0.15, -0.1) is 0 Å². The zero-order chi connectivity index (χ0) is 15.5. The van der Waals surface area contributed by atoms with Crippen LogP contribution in [-0.4, -0.2) is 32.3 Å². The first-order valence-corrected chi connectivity index (χ1v) is 7.81. The fourth-order valence-corrected chi connectivity index (χ4v) is 1.87. The van der Waals surface area contributed by atoms with Crippen LogP contribution in [0.4, 0.5) is 0 Å². The molecule has 0 heterocycles.